The molecule has 8 nitrogen and oxygen atoms in total. The second-order valence-corrected chi connectivity index (χ2v) is 4.85. The SMILES string of the molecule is NCC12COC(n3cccnc3=O)(CO1)[C@@H](O)[C@H]2O. The molecule has 8 heteroatoms. The van der Waals surface area contributed by atoms with Gasteiger partial charge >= 0.3 is 5.69 Å². The van der Waals surface area contributed by atoms with Gasteiger partial charge in [0.1, 0.15) is 17.8 Å². The third-order valence-corrected chi connectivity index (χ3v) is 3.90. The van der Waals surface area contributed by atoms with Crippen molar-refractivity contribution in [3.05, 3.63) is 28.9 Å². The zero-order valence-electron chi connectivity index (χ0n) is 10.1. The standard InChI is InChI=1S/C11H15N3O5/c12-4-10-5-19-11(6-18-10,8(16)7(10)15)14-3-1-2-13-9(14)17/h1-3,7-8,15-16H,4-6,12H2/t7-,8+,10?,11?/m1/s1. The number of nitrogens with two attached hydrogens (primary N) is 1. The lowest BCUT2D eigenvalue weighted by Gasteiger charge is -2.57. The van der Waals surface area contributed by atoms with Crippen molar-refractivity contribution in [2.75, 3.05) is 19.8 Å². The summed E-state index contributed by atoms with van der Waals surface area (Å²) in [5.74, 6) is 0. The molecule has 4 atom stereocenters. The number of hydrogen-bond donors (Lipinski definition) is 3. The van der Waals surface area contributed by atoms with E-state index in [0.29, 0.717) is 0 Å². The predicted octanol–water partition coefficient (Wildman–Crippen LogP) is -2.62. The molecule has 4 N–H and O–H groups in total. The number of aliphatic hydroxyl groups is 2. The number of hydrogen-bond acceptors (Lipinski definition) is 7. The molecule has 0 saturated carbocycles. The molecule has 4 rings (SSSR count). The Balaban J connectivity index is 2.08. The van der Waals surface area contributed by atoms with E-state index in [2.05, 4.69) is 4.98 Å². The van der Waals surface area contributed by atoms with Crippen LogP contribution >= 0.6 is 0 Å². The molecule has 3 aliphatic heterocycles. The summed E-state index contributed by atoms with van der Waals surface area (Å²) >= 11 is 0. The largest absolute Gasteiger partial charge is 0.387 e. The smallest absolute Gasteiger partial charge is 0.350 e. The Hall–Kier alpha value is -1.32. The van der Waals surface area contributed by atoms with E-state index >= 15 is 0 Å². The molecular weight excluding hydrogens is 254 g/mol. The lowest BCUT2D eigenvalue weighted by atomic mass is 9.81. The van der Waals surface area contributed by atoms with E-state index in [4.69, 9.17) is 15.2 Å². The molecule has 1 aromatic heterocycles. The van der Waals surface area contributed by atoms with Crippen LogP contribution < -0.4 is 11.4 Å². The molecule has 19 heavy (non-hydrogen) atoms. The van der Waals surface area contributed by atoms with Crippen LogP contribution in [-0.4, -0.2) is 57.3 Å². The van der Waals surface area contributed by atoms with Gasteiger partial charge in [0.05, 0.1) is 13.2 Å². The summed E-state index contributed by atoms with van der Waals surface area (Å²) in [4.78, 5) is 15.4. The highest BCUT2D eigenvalue weighted by atomic mass is 16.6. The fourth-order valence-corrected chi connectivity index (χ4v) is 2.62. The van der Waals surface area contributed by atoms with Gasteiger partial charge in [-0.3, -0.25) is 4.57 Å². The first-order valence-electron chi connectivity index (χ1n) is 5.94. The quantitative estimate of drug-likeness (QED) is 0.537. The van der Waals surface area contributed by atoms with Gasteiger partial charge in [0, 0.05) is 18.9 Å². The highest BCUT2D eigenvalue weighted by molar-refractivity contribution is 5.09. The predicted molar refractivity (Wildman–Crippen MR) is 62.2 cm³/mol. The van der Waals surface area contributed by atoms with Crippen LogP contribution in [0, 0.1) is 0 Å². The van der Waals surface area contributed by atoms with Gasteiger partial charge in [-0.25, -0.2) is 9.78 Å². The van der Waals surface area contributed by atoms with Crippen molar-refractivity contribution in [3.63, 3.8) is 0 Å². The first kappa shape index (κ1) is 12.7. The van der Waals surface area contributed by atoms with Gasteiger partial charge in [-0.15, -0.1) is 0 Å². The van der Waals surface area contributed by atoms with E-state index < -0.39 is 29.2 Å². The molecule has 2 unspecified atom stereocenters. The number of fused-ring (bicyclic) bond motifs is 3. The Labute approximate surface area is 108 Å². The Morgan fingerprint density at radius 2 is 2.21 bits per heavy atom. The van der Waals surface area contributed by atoms with Crippen molar-refractivity contribution in [1.82, 2.24) is 9.55 Å². The number of rotatable bonds is 2. The summed E-state index contributed by atoms with van der Waals surface area (Å²) in [7, 11) is 0. The molecule has 104 valence electrons. The van der Waals surface area contributed by atoms with Crippen molar-refractivity contribution in [2.45, 2.75) is 23.5 Å². The van der Waals surface area contributed by atoms with Gasteiger partial charge in [0.25, 0.3) is 0 Å². The van der Waals surface area contributed by atoms with E-state index in [1.54, 1.807) is 0 Å². The van der Waals surface area contributed by atoms with Crippen molar-refractivity contribution < 1.29 is 19.7 Å². The maximum atomic E-state index is 11.8. The molecule has 0 aliphatic carbocycles. The van der Waals surface area contributed by atoms with Gasteiger partial charge in [0.15, 0.2) is 0 Å². The molecule has 0 radical (unpaired) electrons. The van der Waals surface area contributed by atoms with Crippen molar-refractivity contribution in [3.8, 4) is 0 Å². The van der Waals surface area contributed by atoms with Gasteiger partial charge in [0.2, 0.25) is 5.72 Å². The maximum Gasteiger partial charge on any atom is 0.350 e. The van der Waals surface area contributed by atoms with Crippen LogP contribution in [0.3, 0.4) is 0 Å². The van der Waals surface area contributed by atoms with Gasteiger partial charge in [-0.1, -0.05) is 0 Å². The summed E-state index contributed by atoms with van der Waals surface area (Å²) in [6.07, 6.45) is 0.234. The average Bonchev–Trinajstić information content (AvgIpc) is 2.45. The molecule has 1 aromatic rings. The Bertz CT molecular complexity index is 537. The van der Waals surface area contributed by atoms with Gasteiger partial charge in [-0.05, 0) is 6.07 Å². The molecule has 3 fully saturated rings. The Kier molecular flexibility index (Phi) is 2.73. The minimum atomic E-state index is -1.46. The lowest BCUT2D eigenvalue weighted by molar-refractivity contribution is -0.380. The van der Waals surface area contributed by atoms with Crippen LogP contribution in [0.1, 0.15) is 0 Å². The fraction of sp³-hybridized carbons (Fsp3) is 0.636. The summed E-state index contributed by atoms with van der Waals surface area (Å²) < 4.78 is 12.3. The lowest BCUT2D eigenvalue weighted by Crippen LogP contribution is -2.77. The van der Waals surface area contributed by atoms with E-state index in [1.807, 2.05) is 0 Å². The molecule has 0 amide bonds. The van der Waals surface area contributed by atoms with Crippen molar-refractivity contribution >= 4 is 0 Å². The van der Waals surface area contributed by atoms with E-state index in [0.717, 1.165) is 4.57 Å². The van der Waals surface area contributed by atoms with Crippen LogP contribution in [0.25, 0.3) is 0 Å². The topological polar surface area (TPSA) is 120 Å². The molecule has 3 aliphatic rings. The first-order chi connectivity index (χ1) is 9.06. The normalized spacial score (nSPS) is 41.4. The third-order valence-electron chi connectivity index (χ3n) is 3.90. The van der Waals surface area contributed by atoms with Gasteiger partial charge < -0.3 is 25.4 Å². The number of aromatic nitrogens is 2. The summed E-state index contributed by atoms with van der Waals surface area (Å²) in [5, 5.41) is 20.5. The second-order valence-electron chi connectivity index (χ2n) is 4.85. The zero-order valence-corrected chi connectivity index (χ0v) is 10.1. The maximum absolute atomic E-state index is 11.8. The van der Waals surface area contributed by atoms with Crippen molar-refractivity contribution in [2.24, 2.45) is 5.73 Å². The van der Waals surface area contributed by atoms with Crippen LogP contribution in [0.15, 0.2) is 23.3 Å². The van der Waals surface area contributed by atoms with Crippen LogP contribution in [0.5, 0.6) is 0 Å². The highest BCUT2D eigenvalue weighted by Crippen LogP contribution is 2.42. The minimum absolute atomic E-state index is 0.00304. The molecule has 4 heterocycles. The fourth-order valence-electron chi connectivity index (χ4n) is 2.62. The average molecular weight is 269 g/mol. The molecule has 3 saturated heterocycles. The summed E-state index contributed by atoms with van der Waals surface area (Å²) in [6.45, 7) is -0.0552. The van der Waals surface area contributed by atoms with Crippen LogP contribution in [-0.2, 0) is 15.2 Å². The van der Waals surface area contributed by atoms with Crippen LogP contribution in [0.2, 0.25) is 0 Å². The van der Waals surface area contributed by atoms with Crippen LogP contribution in [0.4, 0.5) is 0 Å². The molecular formula is C11H15N3O5. The first-order valence-corrected chi connectivity index (χ1v) is 5.94. The summed E-state index contributed by atoms with van der Waals surface area (Å²) in [5.41, 5.74) is 2.42. The number of ether oxygens (including phenoxy) is 2. The highest BCUT2D eigenvalue weighted by Gasteiger charge is 2.63. The monoisotopic (exact) mass is 269 g/mol. The molecule has 2 bridgehead atoms. The Morgan fingerprint density at radius 3 is 2.79 bits per heavy atom. The molecule has 0 spiro atoms. The van der Waals surface area contributed by atoms with Crippen molar-refractivity contribution in [1.29, 1.82) is 0 Å². The zero-order chi connectivity index (χ0) is 13.7. The third kappa shape index (κ3) is 1.52. The van der Waals surface area contributed by atoms with E-state index in [1.165, 1.54) is 18.5 Å². The van der Waals surface area contributed by atoms with Gasteiger partial charge in [-0.2, -0.15) is 0 Å². The van der Waals surface area contributed by atoms with E-state index in [9.17, 15) is 15.0 Å². The second kappa shape index (κ2) is 4.09. The number of nitrogens with zero attached hydrogens (tertiary/aromatic N) is 2. The molecule has 0 aromatic carbocycles. The van der Waals surface area contributed by atoms with E-state index in [-0.39, 0.29) is 19.8 Å². The minimum Gasteiger partial charge on any atom is -0.387 e. The number of aliphatic hydroxyl groups excluding tert-OH is 2. The Morgan fingerprint density at radius 1 is 1.42 bits per heavy atom. The summed E-state index contributed by atoms with van der Waals surface area (Å²) in [6, 6.07) is 1.54.